The Kier molecular flexibility index (Phi) is 3.92. The van der Waals surface area contributed by atoms with Crippen molar-refractivity contribution in [2.75, 3.05) is 11.2 Å². The van der Waals surface area contributed by atoms with Gasteiger partial charge in [-0.2, -0.15) is 0 Å². The van der Waals surface area contributed by atoms with E-state index >= 15 is 0 Å². The minimum absolute atomic E-state index is 0.190. The van der Waals surface area contributed by atoms with Gasteiger partial charge in [-0.3, -0.25) is 4.79 Å². The number of carbonyl (C=O) groups excluding carboxylic acids is 1. The molecule has 1 aromatic rings. The van der Waals surface area contributed by atoms with Gasteiger partial charge in [-0.05, 0) is 0 Å². The number of rotatable bonds is 3. The summed E-state index contributed by atoms with van der Waals surface area (Å²) in [5.41, 5.74) is 0. The molecule has 0 aliphatic heterocycles. The molecule has 0 aliphatic carbocycles. The van der Waals surface area contributed by atoms with E-state index in [0.29, 0.717) is 5.82 Å². The molecule has 0 saturated heterocycles. The molecule has 6 heteroatoms. The molecule has 13 heavy (non-hydrogen) atoms. The van der Waals surface area contributed by atoms with Gasteiger partial charge < -0.3 is 5.32 Å². The van der Waals surface area contributed by atoms with Gasteiger partial charge >= 0.3 is 0 Å². The summed E-state index contributed by atoms with van der Waals surface area (Å²) in [5, 5.41) is 2.81. The van der Waals surface area contributed by atoms with Crippen molar-refractivity contribution in [2.45, 2.75) is 6.42 Å². The number of amides is 1. The van der Waals surface area contributed by atoms with Gasteiger partial charge in [0.1, 0.15) is 17.3 Å². The Balaban J connectivity index is 2.58. The predicted octanol–water partition coefficient (Wildman–Crippen LogP) is 1.70. The number of alkyl halides is 1. The van der Waals surface area contributed by atoms with Crippen molar-refractivity contribution in [2.24, 2.45) is 0 Å². The second-order valence-electron chi connectivity index (χ2n) is 2.21. The minimum Gasteiger partial charge on any atom is -0.311 e. The summed E-state index contributed by atoms with van der Waals surface area (Å²) in [5.74, 6) is 0.477. The van der Waals surface area contributed by atoms with Crippen LogP contribution in [-0.4, -0.2) is 21.8 Å². The van der Waals surface area contributed by atoms with Crippen LogP contribution in [0.1, 0.15) is 6.42 Å². The summed E-state index contributed by atoms with van der Waals surface area (Å²) in [6, 6.07) is 1.47. The Bertz CT molecular complexity index is 306. The summed E-state index contributed by atoms with van der Waals surface area (Å²) >= 11 is 11.0. The molecule has 1 amide bonds. The third-order valence-corrected chi connectivity index (χ3v) is 1.62. The van der Waals surface area contributed by atoms with Crippen molar-refractivity contribution >= 4 is 34.9 Å². The average Bonchev–Trinajstić information content (AvgIpc) is 2.04. The van der Waals surface area contributed by atoms with E-state index in [1.807, 2.05) is 0 Å². The van der Waals surface area contributed by atoms with Crippen LogP contribution in [0.4, 0.5) is 5.82 Å². The van der Waals surface area contributed by atoms with Crippen LogP contribution in [0.15, 0.2) is 12.4 Å². The quantitative estimate of drug-likeness (QED) is 0.622. The first kappa shape index (κ1) is 10.2. The van der Waals surface area contributed by atoms with Crippen LogP contribution in [0.3, 0.4) is 0 Å². The summed E-state index contributed by atoms with van der Waals surface area (Å²) in [4.78, 5) is 18.5. The van der Waals surface area contributed by atoms with Crippen LogP contribution < -0.4 is 5.32 Å². The maximum Gasteiger partial charge on any atom is 0.226 e. The highest BCUT2D eigenvalue weighted by Crippen LogP contribution is 2.08. The molecule has 0 unspecified atom stereocenters. The number of carbonyl (C=O) groups is 1. The molecule has 1 N–H and O–H groups in total. The lowest BCUT2D eigenvalue weighted by Crippen LogP contribution is -2.12. The van der Waals surface area contributed by atoms with Gasteiger partial charge in [-0.25, -0.2) is 9.97 Å². The van der Waals surface area contributed by atoms with E-state index < -0.39 is 0 Å². The van der Waals surface area contributed by atoms with Crippen LogP contribution in [-0.2, 0) is 4.79 Å². The zero-order valence-corrected chi connectivity index (χ0v) is 8.14. The number of halogens is 2. The van der Waals surface area contributed by atoms with Crippen molar-refractivity contribution in [3.8, 4) is 0 Å². The van der Waals surface area contributed by atoms with Crippen LogP contribution in [0.5, 0.6) is 0 Å². The number of hydrogen-bond acceptors (Lipinski definition) is 3. The van der Waals surface area contributed by atoms with Crippen molar-refractivity contribution in [1.82, 2.24) is 9.97 Å². The SMILES string of the molecule is O=C(CCCl)Nc1cc(Cl)ncn1. The standard InChI is InChI=1S/C7H7Cl2N3O/c8-2-1-7(13)12-6-3-5(9)10-4-11-6/h3-4H,1-2H2,(H,10,11,12,13). The molecule has 0 fully saturated rings. The molecule has 0 spiro atoms. The van der Waals surface area contributed by atoms with E-state index in [1.165, 1.54) is 12.4 Å². The van der Waals surface area contributed by atoms with Gasteiger partial charge in [0, 0.05) is 18.4 Å². The summed E-state index contributed by atoms with van der Waals surface area (Å²) in [7, 11) is 0. The van der Waals surface area contributed by atoms with Crippen LogP contribution >= 0.6 is 23.2 Å². The van der Waals surface area contributed by atoms with E-state index in [4.69, 9.17) is 23.2 Å². The van der Waals surface area contributed by atoms with E-state index in [1.54, 1.807) is 0 Å². The Hall–Kier alpha value is -0.870. The molecule has 0 atom stereocenters. The van der Waals surface area contributed by atoms with E-state index in [0.717, 1.165) is 0 Å². The third kappa shape index (κ3) is 3.57. The second kappa shape index (κ2) is 4.99. The van der Waals surface area contributed by atoms with Gasteiger partial charge in [0.15, 0.2) is 0 Å². The van der Waals surface area contributed by atoms with E-state index in [2.05, 4.69) is 15.3 Å². The lowest BCUT2D eigenvalue weighted by atomic mass is 10.4. The fraction of sp³-hybridized carbons (Fsp3) is 0.286. The molecule has 1 heterocycles. The van der Waals surface area contributed by atoms with Crippen LogP contribution in [0.2, 0.25) is 5.15 Å². The number of anilines is 1. The molecular formula is C7H7Cl2N3O. The maximum absolute atomic E-state index is 11.0. The van der Waals surface area contributed by atoms with Gasteiger partial charge in [-0.15, -0.1) is 11.6 Å². The first-order chi connectivity index (χ1) is 6.22. The van der Waals surface area contributed by atoms with Crippen molar-refractivity contribution in [3.05, 3.63) is 17.5 Å². The molecule has 0 aromatic carbocycles. The smallest absolute Gasteiger partial charge is 0.226 e. The van der Waals surface area contributed by atoms with Crippen molar-refractivity contribution in [1.29, 1.82) is 0 Å². The Morgan fingerprint density at radius 1 is 1.54 bits per heavy atom. The van der Waals surface area contributed by atoms with Crippen molar-refractivity contribution < 1.29 is 4.79 Å². The summed E-state index contributed by atoms with van der Waals surface area (Å²) < 4.78 is 0. The van der Waals surface area contributed by atoms with E-state index in [9.17, 15) is 4.79 Å². The number of nitrogens with zero attached hydrogens (tertiary/aromatic N) is 2. The van der Waals surface area contributed by atoms with Gasteiger partial charge in [0.05, 0.1) is 0 Å². The predicted molar refractivity (Wildman–Crippen MR) is 51.0 cm³/mol. The number of hydrogen-bond donors (Lipinski definition) is 1. The maximum atomic E-state index is 11.0. The summed E-state index contributed by atoms with van der Waals surface area (Å²) in [6.45, 7) is 0. The molecule has 1 rings (SSSR count). The largest absolute Gasteiger partial charge is 0.311 e. The van der Waals surface area contributed by atoms with E-state index in [-0.39, 0.29) is 23.4 Å². The highest BCUT2D eigenvalue weighted by molar-refractivity contribution is 6.29. The zero-order valence-electron chi connectivity index (χ0n) is 6.63. The first-order valence-electron chi connectivity index (χ1n) is 3.55. The topological polar surface area (TPSA) is 54.9 Å². The molecular weight excluding hydrogens is 213 g/mol. The molecule has 0 bridgehead atoms. The highest BCUT2D eigenvalue weighted by atomic mass is 35.5. The number of aromatic nitrogens is 2. The monoisotopic (exact) mass is 219 g/mol. The van der Waals surface area contributed by atoms with Gasteiger partial charge in [0.25, 0.3) is 0 Å². The lowest BCUT2D eigenvalue weighted by molar-refractivity contribution is -0.115. The average molecular weight is 220 g/mol. The molecule has 0 aliphatic rings. The zero-order chi connectivity index (χ0) is 9.68. The fourth-order valence-corrected chi connectivity index (χ4v) is 1.01. The number of nitrogens with one attached hydrogen (secondary N) is 1. The Labute approximate surface area is 85.3 Å². The van der Waals surface area contributed by atoms with Gasteiger partial charge in [0.2, 0.25) is 5.91 Å². The van der Waals surface area contributed by atoms with Crippen molar-refractivity contribution in [3.63, 3.8) is 0 Å². The molecule has 70 valence electrons. The Morgan fingerprint density at radius 3 is 2.92 bits per heavy atom. The normalized spacial score (nSPS) is 9.69. The first-order valence-corrected chi connectivity index (χ1v) is 4.47. The molecule has 4 nitrogen and oxygen atoms in total. The molecule has 1 aromatic heterocycles. The third-order valence-electron chi connectivity index (χ3n) is 1.22. The highest BCUT2D eigenvalue weighted by Gasteiger charge is 2.02. The second-order valence-corrected chi connectivity index (χ2v) is 2.98. The Morgan fingerprint density at radius 2 is 2.31 bits per heavy atom. The van der Waals surface area contributed by atoms with Crippen LogP contribution in [0.25, 0.3) is 0 Å². The van der Waals surface area contributed by atoms with Crippen LogP contribution in [0, 0.1) is 0 Å². The molecule has 0 saturated carbocycles. The lowest BCUT2D eigenvalue weighted by Gasteiger charge is -2.01. The summed E-state index contributed by atoms with van der Waals surface area (Å²) in [6.07, 6.45) is 1.53. The molecule has 0 radical (unpaired) electrons. The minimum atomic E-state index is -0.190. The fourth-order valence-electron chi connectivity index (χ4n) is 0.693. The van der Waals surface area contributed by atoms with Gasteiger partial charge in [-0.1, -0.05) is 11.6 Å².